The quantitative estimate of drug-likeness (QED) is 0.865. The van der Waals surface area contributed by atoms with E-state index in [2.05, 4.69) is 41.4 Å². The monoisotopic (exact) mass is 274 g/mol. The first-order valence-corrected chi connectivity index (χ1v) is 7.85. The topological polar surface area (TPSA) is 32.3 Å². The minimum absolute atomic E-state index is 0.329. The lowest BCUT2D eigenvalue weighted by Gasteiger charge is -2.34. The van der Waals surface area contributed by atoms with Crippen molar-refractivity contribution in [3.63, 3.8) is 0 Å². The highest BCUT2D eigenvalue weighted by Crippen LogP contribution is 2.14. The SMILES string of the molecule is CCN(C(=O)CCCc1ccccc1)C1CCNCC1. The molecule has 0 radical (unpaired) electrons. The maximum absolute atomic E-state index is 12.4. The predicted molar refractivity (Wildman–Crippen MR) is 82.7 cm³/mol. The Kier molecular flexibility index (Phi) is 6.06. The van der Waals surface area contributed by atoms with Gasteiger partial charge in [0.25, 0.3) is 0 Å². The molecule has 3 heteroatoms. The zero-order valence-corrected chi connectivity index (χ0v) is 12.5. The lowest BCUT2D eigenvalue weighted by molar-refractivity contribution is -0.133. The number of aryl methyl sites for hydroxylation is 1. The average molecular weight is 274 g/mol. The van der Waals surface area contributed by atoms with Gasteiger partial charge >= 0.3 is 0 Å². The minimum atomic E-state index is 0.329. The molecule has 1 aromatic rings. The molecule has 2 rings (SSSR count). The van der Waals surface area contributed by atoms with Gasteiger partial charge in [-0.15, -0.1) is 0 Å². The van der Waals surface area contributed by atoms with Crippen molar-refractivity contribution in [2.75, 3.05) is 19.6 Å². The van der Waals surface area contributed by atoms with E-state index in [1.807, 2.05) is 6.07 Å². The number of hydrogen-bond donors (Lipinski definition) is 1. The second-order valence-electron chi connectivity index (χ2n) is 5.50. The van der Waals surface area contributed by atoms with Gasteiger partial charge in [-0.3, -0.25) is 4.79 Å². The standard InChI is InChI=1S/C17H26N2O/c1-2-19(16-11-13-18-14-12-16)17(20)10-6-9-15-7-4-3-5-8-15/h3-5,7-8,16,18H,2,6,9-14H2,1H3. The Morgan fingerprint density at radius 3 is 2.60 bits per heavy atom. The molecule has 0 saturated carbocycles. The molecular formula is C17H26N2O. The summed E-state index contributed by atoms with van der Waals surface area (Å²) >= 11 is 0. The fraction of sp³-hybridized carbons (Fsp3) is 0.588. The van der Waals surface area contributed by atoms with E-state index in [9.17, 15) is 4.79 Å². The molecule has 0 spiro atoms. The molecule has 0 aliphatic carbocycles. The highest BCUT2D eigenvalue weighted by atomic mass is 16.2. The number of nitrogens with zero attached hydrogens (tertiary/aromatic N) is 1. The maximum Gasteiger partial charge on any atom is 0.222 e. The molecule has 1 amide bonds. The molecule has 1 heterocycles. The summed E-state index contributed by atoms with van der Waals surface area (Å²) in [5, 5.41) is 3.36. The summed E-state index contributed by atoms with van der Waals surface area (Å²) in [5.74, 6) is 0.329. The Bertz CT molecular complexity index is 399. The van der Waals surface area contributed by atoms with Crippen molar-refractivity contribution < 1.29 is 4.79 Å². The molecule has 1 saturated heterocycles. The average Bonchev–Trinajstić information content (AvgIpc) is 2.50. The van der Waals surface area contributed by atoms with Crippen LogP contribution in [0, 0.1) is 0 Å². The minimum Gasteiger partial charge on any atom is -0.340 e. The lowest BCUT2D eigenvalue weighted by Crippen LogP contribution is -2.46. The summed E-state index contributed by atoms with van der Waals surface area (Å²) in [7, 11) is 0. The normalized spacial score (nSPS) is 16.1. The highest BCUT2D eigenvalue weighted by molar-refractivity contribution is 5.76. The summed E-state index contributed by atoms with van der Waals surface area (Å²) in [4.78, 5) is 14.5. The fourth-order valence-electron chi connectivity index (χ4n) is 2.99. The van der Waals surface area contributed by atoms with Gasteiger partial charge in [0, 0.05) is 19.0 Å². The third-order valence-electron chi connectivity index (χ3n) is 4.11. The summed E-state index contributed by atoms with van der Waals surface area (Å²) in [6, 6.07) is 10.9. The van der Waals surface area contributed by atoms with Gasteiger partial charge in [-0.25, -0.2) is 0 Å². The third-order valence-corrected chi connectivity index (χ3v) is 4.11. The van der Waals surface area contributed by atoms with Crippen LogP contribution in [0.5, 0.6) is 0 Å². The Morgan fingerprint density at radius 2 is 1.95 bits per heavy atom. The Labute approximate surface area is 122 Å². The van der Waals surface area contributed by atoms with Gasteiger partial charge in [0.05, 0.1) is 0 Å². The Morgan fingerprint density at radius 1 is 1.25 bits per heavy atom. The van der Waals surface area contributed by atoms with Gasteiger partial charge in [0.2, 0.25) is 5.91 Å². The molecule has 1 N–H and O–H groups in total. The van der Waals surface area contributed by atoms with Crippen molar-refractivity contribution >= 4 is 5.91 Å². The molecule has 0 unspecified atom stereocenters. The van der Waals surface area contributed by atoms with E-state index in [0.717, 1.165) is 45.3 Å². The highest BCUT2D eigenvalue weighted by Gasteiger charge is 2.23. The first-order valence-electron chi connectivity index (χ1n) is 7.85. The molecule has 0 bridgehead atoms. The molecule has 0 aromatic heterocycles. The third kappa shape index (κ3) is 4.34. The summed E-state index contributed by atoms with van der Waals surface area (Å²) in [5.41, 5.74) is 1.32. The van der Waals surface area contributed by atoms with Crippen LogP contribution in [0.3, 0.4) is 0 Å². The number of amides is 1. The van der Waals surface area contributed by atoms with Crippen LogP contribution in [-0.4, -0.2) is 36.5 Å². The molecule has 110 valence electrons. The number of rotatable bonds is 6. The van der Waals surface area contributed by atoms with E-state index in [4.69, 9.17) is 0 Å². The molecule has 0 atom stereocenters. The number of carbonyl (C=O) groups is 1. The van der Waals surface area contributed by atoms with E-state index < -0.39 is 0 Å². The van der Waals surface area contributed by atoms with Crippen LogP contribution in [0.2, 0.25) is 0 Å². The largest absolute Gasteiger partial charge is 0.340 e. The van der Waals surface area contributed by atoms with E-state index in [1.54, 1.807) is 0 Å². The van der Waals surface area contributed by atoms with Crippen molar-refractivity contribution in [2.45, 2.75) is 45.1 Å². The molecular weight excluding hydrogens is 248 g/mol. The van der Waals surface area contributed by atoms with E-state index in [-0.39, 0.29) is 0 Å². The van der Waals surface area contributed by atoms with Gasteiger partial charge in [-0.1, -0.05) is 30.3 Å². The fourth-order valence-corrected chi connectivity index (χ4v) is 2.99. The van der Waals surface area contributed by atoms with E-state index >= 15 is 0 Å². The number of hydrogen-bond acceptors (Lipinski definition) is 2. The summed E-state index contributed by atoms with van der Waals surface area (Å²) in [6.45, 7) is 5.02. The number of benzene rings is 1. The first kappa shape index (κ1) is 15.0. The van der Waals surface area contributed by atoms with Gasteiger partial charge < -0.3 is 10.2 Å². The molecule has 1 fully saturated rings. The Hall–Kier alpha value is -1.35. The van der Waals surface area contributed by atoms with Crippen LogP contribution < -0.4 is 5.32 Å². The van der Waals surface area contributed by atoms with Crippen LogP contribution >= 0.6 is 0 Å². The van der Waals surface area contributed by atoms with Gasteiger partial charge in [0.15, 0.2) is 0 Å². The van der Waals surface area contributed by atoms with Gasteiger partial charge in [0.1, 0.15) is 0 Å². The van der Waals surface area contributed by atoms with Crippen molar-refractivity contribution in [2.24, 2.45) is 0 Å². The molecule has 1 aliphatic rings. The predicted octanol–water partition coefficient (Wildman–Crippen LogP) is 2.61. The maximum atomic E-state index is 12.4. The van der Waals surface area contributed by atoms with E-state index in [0.29, 0.717) is 18.4 Å². The van der Waals surface area contributed by atoms with E-state index in [1.165, 1.54) is 5.56 Å². The summed E-state index contributed by atoms with van der Waals surface area (Å²) < 4.78 is 0. The van der Waals surface area contributed by atoms with Crippen LogP contribution in [-0.2, 0) is 11.2 Å². The van der Waals surface area contributed by atoms with Crippen molar-refractivity contribution in [1.82, 2.24) is 10.2 Å². The number of nitrogens with one attached hydrogen (secondary N) is 1. The van der Waals surface area contributed by atoms with Crippen LogP contribution in [0.1, 0.15) is 38.2 Å². The zero-order chi connectivity index (χ0) is 14.2. The number of carbonyl (C=O) groups excluding carboxylic acids is 1. The van der Waals surface area contributed by atoms with Crippen molar-refractivity contribution in [3.05, 3.63) is 35.9 Å². The second-order valence-corrected chi connectivity index (χ2v) is 5.50. The first-order chi connectivity index (χ1) is 9.81. The molecule has 1 aliphatic heterocycles. The smallest absolute Gasteiger partial charge is 0.222 e. The van der Waals surface area contributed by atoms with Gasteiger partial charge in [-0.05, 0) is 51.3 Å². The van der Waals surface area contributed by atoms with Crippen molar-refractivity contribution in [1.29, 1.82) is 0 Å². The zero-order valence-electron chi connectivity index (χ0n) is 12.5. The van der Waals surface area contributed by atoms with Gasteiger partial charge in [-0.2, -0.15) is 0 Å². The second kappa shape index (κ2) is 8.05. The lowest BCUT2D eigenvalue weighted by atomic mass is 10.0. The Balaban J connectivity index is 1.77. The molecule has 1 aromatic carbocycles. The van der Waals surface area contributed by atoms with Crippen molar-refractivity contribution in [3.8, 4) is 0 Å². The molecule has 20 heavy (non-hydrogen) atoms. The number of piperidine rings is 1. The van der Waals surface area contributed by atoms with Crippen LogP contribution in [0.15, 0.2) is 30.3 Å². The summed E-state index contributed by atoms with van der Waals surface area (Å²) in [6.07, 6.45) is 4.81. The van der Waals surface area contributed by atoms with Crippen LogP contribution in [0.25, 0.3) is 0 Å². The molecule has 3 nitrogen and oxygen atoms in total. The van der Waals surface area contributed by atoms with Crippen LogP contribution in [0.4, 0.5) is 0 Å².